The third-order valence-corrected chi connectivity index (χ3v) is 9.05. The molecule has 0 amide bonds. The highest BCUT2D eigenvalue weighted by atomic mass is 32.2. The van der Waals surface area contributed by atoms with E-state index < -0.39 is 9.84 Å². The largest absolute Gasteiger partial charge is 0.461 e. The standard InChI is InChI=1S/C24H30N4O3S2/c29-33(30)15-13-21(17-33)27(20-10-5-2-6-11-20)18-28-24(32)26(16-19-8-3-1-4-9-19)23(25-28)22-12-7-14-31-22/h1,3-4,7-9,12,14,20-21H,2,5-6,10-11,13,15-18H2. The maximum absolute atomic E-state index is 12.3. The third-order valence-electron chi connectivity index (χ3n) is 6.87. The van der Waals surface area contributed by atoms with Crippen LogP contribution < -0.4 is 0 Å². The van der Waals surface area contributed by atoms with Gasteiger partial charge in [0.25, 0.3) is 0 Å². The summed E-state index contributed by atoms with van der Waals surface area (Å²) >= 11 is 5.90. The first-order valence-electron chi connectivity index (χ1n) is 11.7. The number of nitrogens with zero attached hydrogens (tertiary/aromatic N) is 4. The number of hydrogen-bond donors (Lipinski definition) is 0. The lowest BCUT2D eigenvalue weighted by atomic mass is 9.93. The Kier molecular flexibility index (Phi) is 6.53. The second-order valence-electron chi connectivity index (χ2n) is 9.16. The van der Waals surface area contributed by atoms with Crippen LogP contribution in [0.5, 0.6) is 0 Å². The van der Waals surface area contributed by atoms with Crippen LogP contribution in [0.3, 0.4) is 0 Å². The van der Waals surface area contributed by atoms with Crippen molar-refractivity contribution in [3.05, 3.63) is 59.1 Å². The highest BCUT2D eigenvalue weighted by Crippen LogP contribution is 2.29. The molecule has 1 saturated carbocycles. The Balaban J connectivity index is 1.50. The van der Waals surface area contributed by atoms with Crippen LogP contribution in [0.15, 0.2) is 53.1 Å². The summed E-state index contributed by atoms with van der Waals surface area (Å²) in [5, 5.41) is 4.88. The fraction of sp³-hybridized carbons (Fsp3) is 0.500. The van der Waals surface area contributed by atoms with E-state index in [-0.39, 0.29) is 17.5 Å². The molecule has 1 aliphatic carbocycles. The van der Waals surface area contributed by atoms with Crippen LogP contribution >= 0.6 is 12.2 Å². The van der Waals surface area contributed by atoms with E-state index in [0.717, 1.165) is 18.4 Å². The summed E-state index contributed by atoms with van der Waals surface area (Å²) in [5.41, 5.74) is 1.13. The van der Waals surface area contributed by atoms with Gasteiger partial charge >= 0.3 is 0 Å². The molecule has 3 heterocycles. The van der Waals surface area contributed by atoms with Gasteiger partial charge in [0.1, 0.15) is 0 Å². The molecule has 2 fully saturated rings. The van der Waals surface area contributed by atoms with E-state index >= 15 is 0 Å². The maximum atomic E-state index is 12.3. The van der Waals surface area contributed by atoms with E-state index in [9.17, 15) is 8.42 Å². The summed E-state index contributed by atoms with van der Waals surface area (Å²) in [6, 6.07) is 14.3. The molecule has 9 heteroatoms. The Morgan fingerprint density at radius 1 is 1.03 bits per heavy atom. The van der Waals surface area contributed by atoms with Gasteiger partial charge < -0.3 is 4.42 Å². The Labute approximate surface area is 199 Å². The van der Waals surface area contributed by atoms with E-state index in [2.05, 4.69) is 17.0 Å². The monoisotopic (exact) mass is 486 g/mol. The average molecular weight is 487 g/mol. The van der Waals surface area contributed by atoms with Gasteiger partial charge in [0.05, 0.1) is 31.0 Å². The van der Waals surface area contributed by atoms with Crippen LogP contribution in [0.1, 0.15) is 44.1 Å². The first-order chi connectivity index (χ1) is 16.0. The molecule has 3 aromatic rings. The lowest BCUT2D eigenvalue weighted by Crippen LogP contribution is -2.46. The van der Waals surface area contributed by atoms with Crippen LogP contribution in [0.25, 0.3) is 11.6 Å². The first kappa shape index (κ1) is 22.6. The Morgan fingerprint density at radius 2 is 1.82 bits per heavy atom. The minimum Gasteiger partial charge on any atom is -0.461 e. The number of aromatic nitrogens is 3. The van der Waals surface area contributed by atoms with E-state index in [1.54, 1.807) is 6.26 Å². The predicted octanol–water partition coefficient (Wildman–Crippen LogP) is 4.50. The molecule has 2 aromatic heterocycles. The van der Waals surface area contributed by atoms with Crippen molar-refractivity contribution in [2.75, 3.05) is 11.5 Å². The topological polar surface area (TPSA) is 73.3 Å². The van der Waals surface area contributed by atoms with Crippen LogP contribution in [0.2, 0.25) is 0 Å². The van der Waals surface area contributed by atoms with Gasteiger partial charge in [0.15, 0.2) is 26.2 Å². The molecule has 1 atom stereocenters. The number of hydrogen-bond acceptors (Lipinski definition) is 6. The van der Waals surface area contributed by atoms with Crippen molar-refractivity contribution in [3.8, 4) is 11.6 Å². The van der Waals surface area contributed by atoms with Crippen LogP contribution in [-0.4, -0.2) is 51.3 Å². The Bertz CT molecular complexity index is 1230. The SMILES string of the molecule is O=S1(=O)CCC(N(Cn2nc(-c3ccco3)n(Cc3ccccc3)c2=S)C2CCCCC2)C1. The highest BCUT2D eigenvalue weighted by molar-refractivity contribution is 7.91. The molecule has 0 N–H and O–H groups in total. The van der Waals surface area contributed by atoms with E-state index in [1.165, 1.54) is 19.3 Å². The van der Waals surface area contributed by atoms with Crippen molar-refractivity contribution in [2.24, 2.45) is 0 Å². The van der Waals surface area contributed by atoms with E-state index in [0.29, 0.717) is 42.0 Å². The van der Waals surface area contributed by atoms with Crippen molar-refractivity contribution in [3.63, 3.8) is 0 Å². The molecular weight excluding hydrogens is 456 g/mol. The second kappa shape index (κ2) is 9.56. The molecule has 1 aliphatic heterocycles. The minimum absolute atomic E-state index is 0.0198. The van der Waals surface area contributed by atoms with Gasteiger partial charge in [-0.2, -0.15) is 0 Å². The van der Waals surface area contributed by atoms with E-state index in [4.69, 9.17) is 21.7 Å². The predicted molar refractivity (Wildman–Crippen MR) is 130 cm³/mol. The zero-order valence-corrected chi connectivity index (χ0v) is 20.3. The number of sulfone groups is 1. The van der Waals surface area contributed by atoms with Crippen molar-refractivity contribution in [2.45, 2.75) is 63.8 Å². The van der Waals surface area contributed by atoms with Crippen molar-refractivity contribution < 1.29 is 12.8 Å². The summed E-state index contributed by atoms with van der Waals surface area (Å²) < 4.78 is 34.7. The molecule has 0 bridgehead atoms. The fourth-order valence-corrected chi connectivity index (χ4v) is 7.15. The Morgan fingerprint density at radius 3 is 2.48 bits per heavy atom. The number of rotatable bonds is 7. The summed E-state index contributed by atoms with van der Waals surface area (Å²) in [6.45, 7) is 1.09. The van der Waals surface area contributed by atoms with Gasteiger partial charge in [-0.1, -0.05) is 49.6 Å². The zero-order valence-electron chi connectivity index (χ0n) is 18.7. The van der Waals surface area contributed by atoms with Gasteiger partial charge in [-0.05, 0) is 49.2 Å². The van der Waals surface area contributed by atoms with Crippen molar-refractivity contribution in [1.82, 2.24) is 19.2 Å². The minimum atomic E-state index is -2.98. The lowest BCUT2D eigenvalue weighted by molar-refractivity contribution is 0.0739. The summed E-state index contributed by atoms with van der Waals surface area (Å²) in [6.07, 6.45) is 8.14. The fourth-order valence-electron chi connectivity index (χ4n) is 5.16. The highest BCUT2D eigenvalue weighted by Gasteiger charge is 2.36. The lowest BCUT2D eigenvalue weighted by Gasteiger charge is -2.37. The van der Waals surface area contributed by atoms with Gasteiger partial charge in [-0.25, -0.2) is 13.1 Å². The molecule has 7 nitrogen and oxygen atoms in total. The van der Waals surface area contributed by atoms with Gasteiger partial charge in [-0.15, -0.1) is 5.10 Å². The number of furan rings is 1. The second-order valence-corrected chi connectivity index (χ2v) is 11.8. The molecule has 2 aliphatic rings. The molecule has 1 saturated heterocycles. The van der Waals surface area contributed by atoms with Gasteiger partial charge in [-0.3, -0.25) is 9.47 Å². The van der Waals surface area contributed by atoms with Crippen LogP contribution in [-0.2, 0) is 23.1 Å². The van der Waals surface area contributed by atoms with Gasteiger partial charge in [0.2, 0.25) is 0 Å². The molecule has 0 spiro atoms. The number of benzene rings is 1. The molecule has 5 rings (SSSR count). The first-order valence-corrected chi connectivity index (χ1v) is 13.9. The van der Waals surface area contributed by atoms with Crippen LogP contribution in [0, 0.1) is 4.77 Å². The summed E-state index contributed by atoms with van der Waals surface area (Å²) in [5.74, 6) is 1.86. The molecule has 1 unspecified atom stereocenters. The average Bonchev–Trinajstić information content (AvgIpc) is 3.54. The zero-order chi connectivity index (χ0) is 22.8. The van der Waals surface area contributed by atoms with Crippen molar-refractivity contribution >= 4 is 22.1 Å². The summed E-state index contributed by atoms with van der Waals surface area (Å²) in [7, 11) is -2.98. The Hall–Kier alpha value is -2.23. The quantitative estimate of drug-likeness (QED) is 0.458. The van der Waals surface area contributed by atoms with Gasteiger partial charge in [0, 0.05) is 12.1 Å². The molecule has 176 valence electrons. The van der Waals surface area contributed by atoms with Crippen molar-refractivity contribution in [1.29, 1.82) is 0 Å². The van der Waals surface area contributed by atoms with Crippen LogP contribution in [0.4, 0.5) is 0 Å². The van der Waals surface area contributed by atoms with E-state index in [1.807, 2.05) is 39.6 Å². The third kappa shape index (κ3) is 5.00. The molecule has 33 heavy (non-hydrogen) atoms. The summed E-state index contributed by atoms with van der Waals surface area (Å²) in [4.78, 5) is 2.37. The normalized spacial score (nSPS) is 21.1. The maximum Gasteiger partial charge on any atom is 0.199 e. The molecule has 0 radical (unpaired) electrons. The molecular formula is C24H30N4O3S2. The smallest absolute Gasteiger partial charge is 0.199 e. The molecule has 1 aromatic carbocycles.